The Morgan fingerprint density at radius 3 is 2.63 bits per heavy atom. The number of halogens is 1. The first-order valence-electron chi connectivity index (χ1n) is 6.15. The predicted molar refractivity (Wildman–Crippen MR) is 70.4 cm³/mol. The minimum Gasteiger partial charge on any atom is -0.305 e. The summed E-state index contributed by atoms with van der Waals surface area (Å²) >= 11 is 0. The lowest BCUT2D eigenvalue weighted by Gasteiger charge is -2.19. The van der Waals surface area contributed by atoms with E-state index in [4.69, 9.17) is 0 Å². The zero-order chi connectivity index (χ0) is 14.0. The molecule has 1 N–H and O–H groups in total. The number of hydrogen-bond donors (Lipinski definition) is 1. The first kappa shape index (κ1) is 13.6. The van der Waals surface area contributed by atoms with Crippen molar-refractivity contribution in [3.05, 3.63) is 35.4 Å². The Hall–Kier alpha value is -1.82. The molecule has 1 aromatic carbocycles. The molecule has 0 atom stereocenters. The molecular formula is C13H18FN5. The van der Waals surface area contributed by atoms with Crippen LogP contribution < -0.4 is 5.32 Å². The van der Waals surface area contributed by atoms with E-state index in [-0.39, 0.29) is 11.4 Å². The number of aromatic nitrogens is 4. The smallest absolute Gasteiger partial charge is 0.170 e. The number of tetrazole rings is 1. The van der Waals surface area contributed by atoms with Gasteiger partial charge in [0, 0.05) is 5.54 Å². The number of nitrogens with zero attached hydrogens (tertiary/aromatic N) is 4. The van der Waals surface area contributed by atoms with Gasteiger partial charge in [-0.3, -0.25) is 0 Å². The van der Waals surface area contributed by atoms with E-state index in [1.165, 1.54) is 12.1 Å². The van der Waals surface area contributed by atoms with Crippen LogP contribution in [0.2, 0.25) is 0 Å². The van der Waals surface area contributed by atoms with Crippen LogP contribution in [0.25, 0.3) is 5.69 Å². The van der Waals surface area contributed by atoms with Crippen molar-refractivity contribution >= 4 is 0 Å². The molecule has 102 valence electrons. The maximum atomic E-state index is 13.4. The van der Waals surface area contributed by atoms with E-state index >= 15 is 0 Å². The van der Waals surface area contributed by atoms with Gasteiger partial charge < -0.3 is 5.32 Å². The quantitative estimate of drug-likeness (QED) is 0.920. The van der Waals surface area contributed by atoms with E-state index in [9.17, 15) is 4.39 Å². The first-order valence-corrected chi connectivity index (χ1v) is 6.15. The molecule has 6 heteroatoms. The third kappa shape index (κ3) is 3.57. The molecule has 1 aromatic heterocycles. The molecule has 2 aromatic rings. The van der Waals surface area contributed by atoms with Crippen molar-refractivity contribution < 1.29 is 4.39 Å². The van der Waals surface area contributed by atoms with Gasteiger partial charge in [-0.1, -0.05) is 0 Å². The van der Waals surface area contributed by atoms with Crippen molar-refractivity contribution in [3.63, 3.8) is 0 Å². The van der Waals surface area contributed by atoms with Gasteiger partial charge in [0.15, 0.2) is 5.82 Å². The van der Waals surface area contributed by atoms with Crippen LogP contribution in [0.15, 0.2) is 18.2 Å². The number of rotatable bonds is 3. The van der Waals surface area contributed by atoms with Gasteiger partial charge in [0.2, 0.25) is 0 Å². The second kappa shape index (κ2) is 5.05. The number of benzene rings is 1. The Bertz CT molecular complexity index is 550. The second-order valence-electron chi connectivity index (χ2n) is 5.60. The molecule has 0 unspecified atom stereocenters. The summed E-state index contributed by atoms with van der Waals surface area (Å²) in [6.07, 6.45) is 0. The molecule has 0 saturated heterocycles. The fraction of sp³-hybridized carbons (Fsp3) is 0.462. The van der Waals surface area contributed by atoms with Crippen LogP contribution in [-0.4, -0.2) is 25.7 Å². The normalized spacial score (nSPS) is 11.8. The van der Waals surface area contributed by atoms with Crippen molar-refractivity contribution in [1.29, 1.82) is 0 Å². The molecule has 0 fully saturated rings. The molecule has 0 aliphatic rings. The maximum Gasteiger partial charge on any atom is 0.170 e. The van der Waals surface area contributed by atoms with Crippen LogP contribution in [0.3, 0.4) is 0 Å². The molecule has 19 heavy (non-hydrogen) atoms. The summed E-state index contributed by atoms with van der Waals surface area (Å²) in [4.78, 5) is 0. The maximum absolute atomic E-state index is 13.4. The van der Waals surface area contributed by atoms with E-state index in [0.717, 1.165) is 5.56 Å². The molecule has 5 nitrogen and oxygen atoms in total. The highest BCUT2D eigenvalue weighted by molar-refractivity contribution is 5.35. The number of nitrogens with one attached hydrogen (secondary N) is 1. The van der Waals surface area contributed by atoms with Crippen LogP contribution in [0, 0.1) is 12.7 Å². The average molecular weight is 263 g/mol. The Morgan fingerprint density at radius 1 is 1.26 bits per heavy atom. The summed E-state index contributed by atoms with van der Waals surface area (Å²) in [5.41, 5.74) is 1.43. The summed E-state index contributed by atoms with van der Waals surface area (Å²) < 4.78 is 15.0. The monoisotopic (exact) mass is 263 g/mol. The molecule has 0 bridgehead atoms. The zero-order valence-corrected chi connectivity index (χ0v) is 11.6. The molecule has 0 aliphatic heterocycles. The Balaban J connectivity index is 2.28. The number of aryl methyl sites for hydroxylation is 1. The molecule has 0 saturated carbocycles. The summed E-state index contributed by atoms with van der Waals surface area (Å²) in [5, 5.41) is 14.9. The summed E-state index contributed by atoms with van der Waals surface area (Å²) in [5.74, 6) is 0.361. The molecular weight excluding hydrogens is 245 g/mol. The van der Waals surface area contributed by atoms with Crippen molar-refractivity contribution in [1.82, 2.24) is 25.5 Å². The van der Waals surface area contributed by atoms with Gasteiger partial charge in [-0.15, -0.1) is 5.10 Å². The van der Waals surface area contributed by atoms with Crippen molar-refractivity contribution in [2.24, 2.45) is 0 Å². The van der Waals surface area contributed by atoms with E-state index in [1.807, 2.05) is 13.0 Å². The topological polar surface area (TPSA) is 55.6 Å². The largest absolute Gasteiger partial charge is 0.305 e. The molecule has 2 rings (SSSR count). The van der Waals surface area contributed by atoms with Gasteiger partial charge in [-0.2, -0.15) is 4.68 Å². The van der Waals surface area contributed by atoms with Crippen LogP contribution in [-0.2, 0) is 6.54 Å². The van der Waals surface area contributed by atoms with Crippen LogP contribution in [0.5, 0.6) is 0 Å². The van der Waals surface area contributed by atoms with E-state index in [0.29, 0.717) is 18.1 Å². The SMILES string of the molecule is Cc1cc(F)cc(-n2nnnc2CNC(C)(C)C)c1. The van der Waals surface area contributed by atoms with Crippen molar-refractivity contribution in [2.45, 2.75) is 39.8 Å². The third-order valence-corrected chi connectivity index (χ3v) is 2.58. The summed E-state index contributed by atoms with van der Waals surface area (Å²) in [6.45, 7) is 8.55. The van der Waals surface area contributed by atoms with Gasteiger partial charge >= 0.3 is 0 Å². The lowest BCUT2D eigenvalue weighted by Crippen LogP contribution is -2.35. The van der Waals surface area contributed by atoms with Crippen LogP contribution in [0.4, 0.5) is 4.39 Å². The minimum absolute atomic E-state index is 0.0331. The van der Waals surface area contributed by atoms with Crippen LogP contribution in [0.1, 0.15) is 32.2 Å². The second-order valence-corrected chi connectivity index (χ2v) is 5.60. The van der Waals surface area contributed by atoms with Crippen molar-refractivity contribution in [3.8, 4) is 5.69 Å². The lowest BCUT2D eigenvalue weighted by atomic mass is 10.1. The summed E-state index contributed by atoms with van der Waals surface area (Å²) in [7, 11) is 0. The predicted octanol–water partition coefficient (Wildman–Crippen LogP) is 2.00. The number of hydrogen-bond acceptors (Lipinski definition) is 4. The van der Waals surface area contributed by atoms with Gasteiger partial charge in [0.1, 0.15) is 5.82 Å². The Kier molecular flexibility index (Phi) is 3.61. The third-order valence-electron chi connectivity index (χ3n) is 2.58. The lowest BCUT2D eigenvalue weighted by molar-refractivity contribution is 0.415. The van der Waals surface area contributed by atoms with Crippen LogP contribution >= 0.6 is 0 Å². The van der Waals surface area contributed by atoms with Crippen molar-refractivity contribution in [2.75, 3.05) is 0 Å². The van der Waals surface area contributed by atoms with Gasteiger partial charge in [0.05, 0.1) is 12.2 Å². The minimum atomic E-state index is -0.291. The first-order chi connectivity index (χ1) is 8.85. The van der Waals surface area contributed by atoms with E-state index in [1.54, 1.807) is 4.68 Å². The molecule has 1 heterocycles. The highest BCUT2D eigenvalue weighted by Gasteiger charge is 2.14. The average Bonchev–Trinajstić information content (AvgIpc) is 2.72. The standard InChI is InChI=1S/C13H18FN5/c1-9-5-10(14)7-11(6-9)19-12(16-17-18-19)8-15-13(2,3)4/h5-7,15H,8H2,1-4H3. The van der Waals surface area contributed by atoms with E-state index < -0.39 is 0 Å². The summed E-state index contributed by atoms with van der Waals surface area (Å²) in [6, 6.07) is 4.74. The molecule has 0 radical (unpaired) electrons. The fourth-order valence-corrected chi connectivity index (χ4v) is 1.70. The molecule has 0 aliphatic carbocycles. The highest BCUT2D eigenvalue weighted by Crippen LogP contribution is 2.13. The fourth-order valence-electron chi connectivity index (χ4n) is 1.70. The van der Waals surface area contributed by atoms with Gasteiger partial charge in [-0.05, 0) is 61.9 Å². The molecule has 0 spiro atoms. The zero-order valence-electron chi connectivity index (χ0n) is 11.6. The van der Waals surface area contributed by atoms with Gasteiger partial charge in [0.25, 0.3) is 0 Å². The Morgan fingerprint density at radius 2 is 2.00 bits per heavy atom. The molecule has 0 amide bonds. The Labute approximate surface area is 111 Å². The van der Waals surface area contributed by atoms with Gasteiger partial charge in [-0.25, -0.2) is 4.39 Å². The highest BCUT2D eigenvalue weighted by atomic mass is 19.1. The van der Waals surface area contributed by atoms with E-state index in [2.05, 4.69) is 41.6 Å².